The zero-order valence-corrected chi connectivity index (χ0v) is 17.1. The van der Waals surface area contributed by atoms with Crippen molar-refractivity contribution in [2.24, 2.45) is 0 Å². The fraction of sp³-hybridized carbons (Fsp3) is 0.0952. The van der Waals surface area contributed by atoms with Gasteiger partial charge in [0, 0.05) is 21.0 Å². The van der Waals surface area contributed by atoms with Crippen molar-refractivity contribution in [3.8, 4) is 17.1 Å². The second kappa shape index (κ2) is 8.46. The fourth-order valence-electron chi connectivity index (χ4n) is 2.72. The number of hydrogen-bond acceptors (Lipinski definition) is 6. The van der Waals surface area contributed by atoms with Crippen LogP contribution < -0.4 is 10.1 Å². The fourth-order valence-corrected chi connectivity index (χ4v) is 3.50. The molecule has 6 nitrogen and oxygen atoms in total. The van der Waals surface area contributed by atoms with E-state index < -0.39 is 0 Å². The summed E-state index contributed by atoms with van der Waals surface area (Å²) < 4.78 is 6.49. The van der Waals surface area contributed by atoms with Gasteiger partial charge < -0.3 is 10.1 Å². The first-order valence-electron chi connectivity index (χ1n) is 8.82. The van der Waals surface area contributed by atoms with Gasteiger partial charge in [-0.1, -0.05) is 17.7 Å². The maximum absolute atomic E-state index is 13.0. The Morgan fingerprint density at radius 3 is 2.55 bits per heavy atom. The zero-order chi connectivity index (χ0) is 20.2. The average Bonchev–Trinajstić information content (AvgIpc) is 3.42. The van der Waals surface area contributed by atoms with Crippen molar-refractivity contribution in [1.29, 1.82) is 0 Å². The first-order chi connectivity index (χ1) is 14.1. The second-order valence-electron chi connectivity index (χ2n) is 6.14. The summed E-state index contributed by atoms with van der Waals surface area (Å²) >= 11 is 7.57. The molecule has 0 unspecified atom stereocenters. The number of benzene rings is 2. The van der Waals surface area contributed by atoms with Gasteiger partial charge in [-0.3, -0.25) is 4.79 Å². The van der Waals surface area contributed by atoms with Gasteiger partial charge in [0.1, 0.15) is 5.75 Å². The third kappa shape index (κ3) is 4.31. The van der Waals surface area contributed by atoms with Crippen molar-refractivity contribution >= 4 is 34.8 Å². The summed E-state index contributed by atoms with van der Waals surface area (Å²) in [7, 11) is 1.61. The molecule has 0 atom stereocenters. The minimum Gasteiger partial charge on any atom is -0.497 e. The second-order valence-corrected chi connectivity index (χ2v) is 7.61. The lowest BCUT2D eigenvalue weighted by Crippen LogP contribution is -2.17. The number of nitrogens with zero attached hydrogens (tertiary/aromatic N) is 3. The smallest absolute Gasteiger partial charge is 0.281 e. The number of rotatable bonds is 6. The third-order valence-electron chi connectivity index (χ3n) is 4.24. The Morgan fingerprint density at radius 2 is 1.90 bits per heavy atom. The van der Waals surface area contributed by atoms with E-state index in [1.54, 1.807) is 42.7 Å². The molecule has 29 heavy (non-hydrogen) atoms. The molecule has 2 aromatic carbocycles. The van der Waals surface area contributed by atoms with Crippen LogP contribution in [0, 0.1) is 0 Å². The van der Waals surface area contributed by atoms with E-state index in [1.165, 1.54) is 4.68 Å². The molecule has 0 aliphatic rings. The van der Waals surface area contributed by atoms with Crippen LogP contribution in [0.5, 0.6) is 5.75 Å². The molecule has 4 rings (SSSR count). The number of aromatic nitrogens is 3. The van der Waals surface area contributed by atoms with E-state index >= 15 is 0 Å². The van der Waals surface area contributed by atoms with Gasteiger partial charge in [-0.25, -0.2) is 0 Å². The van der Waals surface area contributed by atoms with E-state index in [-0.39, 0.29) is 5.91 Å². The normalized spacial score (nSPS) is 10.7. The molecule has 146 valence electrons. The van der Waals surface area contributed by atoms with Crippen LogP contribution in [-0.4, -0.2) is 27.8 Å². The van der Waals surface area contributed by atoms with Crippen LogP contribution in [0.15, 0.2) is 66.0 Å². The lowest BCUT2D eigenvalue weighted by molar-refractivity contribution is 0.0947. The van der Waals surface area contributed by atoms with Crippen LogP contribution in [-0.2, 0) is 6.54 Å². The number of carbonyl (C=O) groups is 1. The van der Waals surface area contributed by atoms with E-state index in [2.05, 4.69) is 15.4 Å². The van der Waals surface area contributed by atoms with E-state index in [0.717, 1.165) is 16.2 Å². The molecule has 2 aromatic heterocycles. The molecule has 4 aromatic rings. The van der Waals surface area contributed by atoms with E-state index in [4.69, 9.17) is 16.3 Å². The Morgan fingerprint density at radius 1 is 1.14 bits per heavy atom. The average molecular weight is 425 g/mol. The number of carbonyl (C=O) groups excluding carboxylic acids is 1. The number of hydrogen-bond donors (Lipinski definition) is 1. The molecule has 0 fully saturated rings. The molecular weight excluding hydrogens is 408 g/mol. The third-order valence-corrected chi connectivity index (χ3v) is 5.37. The Balaban J connectivity index is 1.69. The first kappa shape index (κ1) is 19.2. The molecule has 0 aliphatic carbocycles. The van der Waals surface area contributed by atoms with Gasteiger partial charge in [0.15, 0.2) is 5.82 Å². The largest absolute Gasteiger partial charge is 0.497 e. The quantitative estimate of drug-likeness (QED) is 0.473. The molecule has 0 bridgehead atoms. The Bertz CT molecular complexity index is 1110. The lowest BCUT2D eigenvalue weighted by atomic mass is 10.2. The first-order valence-corrected chi connectivity index (χ1v) is 10.1. The molecule has 0 amide bonds. The zero-order valence-electron chi connectivity index (χ0n) is 15.5. The molecule has 2 heterocycles. The van der Waals surface area contributed by atoms with E-state index in [1.807, 2.05) is 41.8 Å². The highest BCUT2D eigenvalue weighted by atomic mass is 35.5. The highest BCUT2D eigenvalue weighted by molar-refractivity contribution is 7.09. The molecular formula is C21H17ClN4O2S. The van der Waals surface area contributed by atoms with Crippen LogP contribution in [0.3, 0.4) is 0 Å². The van der Waals surface area contributed by atoms with Crippen LogP contribution >= 0.6 is 22.9 Å². The molecule has 0 saturated heterocycles. The monoisotopic (exact) mass is 424 g/mol. The van der Waals surface area contributed by atoms with Crippen LogP contribution in [0.4, 0.5) is 5.95 Å². The predicted octanol–water partition coefficient (Wildman–Crippen LogP) is 4.97. The SMILES string of the molecule is COc1ccc(-c2nc(NCc3cccs3)n(C(=O)c3ccc(Cl)cc3)n2)cc1. The summed E-state index contributed by atoms with van der Waals surface area (Å²) in [6.07, 6.45) is 0. The number of halogens is 1. The molecule has 0 saturated carbocycles. The standard InChI is InChI=1S/C21H17ClN4O2S/c1-28-17-10-6-14(7-11-17)19-24-21(23-13-18-3-2-12-29-18)26(25-19)20(27)15-4-8-16(22)9-5-15/h2-12H,13H2,1H3,(H,23,24,25). The van der Waals surface area contributed by atoms with Gasteiger partial charge in [-0.15, -0.1) is 16.4 Å². The Hall–Kier alpha value is -3.16. The summed E-state index contributed by atoms with van der Waals surface area (Å²) in [4.78, 5) is 18.7. The minimum atomic E-state index is -0.289. The van der Waals surface area contributed by atoms with Crippen LogP contribution in [0.1, 0.15) is 15.2 Å². The number of methoxy groups -OCH3 is 1. The predicted molar refractivity (Wildman–Crippen MR) is 115 cm³/mol. The Labute approximate surface area is 176 Å². The van der Waals surface area contributed by atoms with Crippen molar-refractivity contribution in [2.75, 3.05) is 12.4 Å². The number of ether oxygens (including phenoxy) is 1. The summed E-state index contributed by atoms with van der Waals surface area (Å²) in [6, 6.07) is 18.1. The summed E-state index contributed by atoms with van der Waals surface area (Å²) in [6.45, 7) is 0.548. The van der Waals surface area contributed by atoms with Crippen molar-refractivity contribution in [3.63, 3.8) is 0 Å². The molecule has 8 heteroatoms. The van der Waals surface area contributed by atoms with Crippen molar-refractivity contribution < 1.29 is 9.53 Å². The van der Waals surface area contributed by atoms with Gasteiger partial charge in [0.05, 0.1) is 13.7 Å². The summed E-state index contributed by atoms with van der Waals surface area (Å²) in [5.41, 5.74) is 1.26. The summed E-state index contributed by atoms with van der Waals surface area (Å²) in [5, 5.41) is 10.2. The van der Waals surface area contributed by atoms with Gasteiger partial charge >= 0.3 is 0 Å². The number of thiophene rings is 1. The minimum absolute atomic E-state index is 0.289. The number of nitrogens with one attached hydrogen (secondary N) is 1. The van der Waals surface area contributed by atoms with E-state index in [9.17, 15) is 4.79 Å². The molecule has 0 spiro atoms. The van der Waals surface area contributed by atoms with Crippen molar-refractivity contribution in [2.45, 2.75) is 6.54 Å². The van der Waals surface area contributed by atoms with Crippen LogP contribution in [0.2, 0.25) is 5.02 Å². The molecule has 1 N–H and O–H groups in total. The van der Waals surface area contributed by atoms with Crippen molar-refractivity contribution in [3.05, 3.63) is 81.5 Å². The molecule has 0 radical (unpaired) electrons. The topological polar surface area (TPSA) is 69.0 Å². The maximum Gasteiger partial charge on any atom is 0.281 e. The lowest BCUT2D eigenvalue weighted by Gasteiger charge is -2.06. The van der Waals surface area contributed by atoms with E-state index in [0.29, 0.717) is 28.9 Å². The number of anilines is 1. The maximum atomic E-state index is 13.0. The summed E-state index contributed by atoms with van der Waals surface area (Å²) in [5.74, 6) is 1.27. The van der Waals surface area contributed by atoms with Gasteiger partial charge in [0.2, 0.25) is 5.95 Å². The van der Waals surface area contributed by atoms with Gasteiger partial charge in [0.25, 0.3) is 5.91 Å². The molecule has 0 aliphatic heterocycles. The highest BCUT2D eigenvalue weighted by Gasteiger charge is 2.19. The van der Waals surface area contributed by atoms with Crippen LogP contribution in [0.25, 0.3) is 11.4 Å². The van der Waals surface area contributed by atoms with Gasteiger partial charge in [-0.05, 0) is 60.0 Å². The highest BCUT2D eigenvalue weighted by Crippen LogP contribution is 2.23. The Kier molecular flexibility index (Phi) is 5.59. The van der Waals surface area contributed by atoms with Crippen molar-refractivity contribution in [1.82, 2.24) is 14.8 Å². The van der Waals surface area contributed by atoms with Gasteiger partial charge in [-0.2, -0.15) is 9.67 Å².